The number of nitrogens with two attached hydrogens (primary N) is 2. The van der Waals surface area contributed by atoms with Crippen LogP contribution in [-0.4, -0.2) is 45.4 Å². The molecule has 42 heavy (non-hydrogen) atoms. The SMILES string of the molecule is CCOC(=O)c1ccc2c(c1)[nH]c1c(C(N)=O)cc(Br)cc12.NC(=O)c1cc(Br)cc2c1[nH]c1cc(C(=O)O)ccc12. The highest BCUT2D eigenvalue weighted by Crippen LogP contribution is 2.32. The molecule has 0 bridgehead atoms. The molecule has 7 N–H and O–H groups in total. The van der Waals surface area contributed by atoms with Crippen molar-refractivity contribution in [3.63, 3.8) is 0 Å². The molecule has 0 saturated heterocycles. The van der Waals surface area contributed by atoms with E-state index in [4.69, 9.17) is 21.3 Å². The van der Waals surface area contributed by atoms with Gasteiger partial charge in [-0.2, -0.15) is 0 Å². The number of hydrogen-bond acceptors (Lipinski definition) is 5. The van der Waals surface area contributed by atoms with Crippen LogP contribution in [0, 0.1) is 0 Å². The van der Waals surface area contributed by atoms with Gasteiger partial charge in [-0.3, -0.25) is 9.59 Å². The highest BCUT2D eigenvalue weighted by molar-refractivity contribution is 9.10. The third-order valence-corrected chi connectivity index (χ3v) is 7.55. The van der Waals surface area contributed by atoms with Crippen molar-refractivity contribution >= 4 is 99.2 Å². The van der Waals surface area contributed by atoms with Crippen LogP contribution in [0.3, 0.4) is 0 Å². The molecule has 0 radical (unpaired) electrons. The number of fused-ring (bicyclic) bond motifs is 6. The fraction of sp³-hybridized carbons (Fsp3) is 0.0667. The van der Waals surface area contributed by atoms with Gasteiger partial charge >= 0.3 is 11.9 Å². The van der Waals surface area contributed by atoms with E-state index < -0.39 is 17.8 Å². The van der Waals surface area contributed by atoms with Crippen molar-refractivity contribution in [2.45, 2.75) is 6.92 Å². The Balaban J connectivity index is 0.000000169. The lowest BCUT2D eigenvalue weighted by molar-refractivity contribution is 0.0525. The molecule has 6 aromatic rings. The second-order valence-electron chi connectivity index (χ2n) is 9.28. The number of halogens is 2. The smallest absolute Gasteiger partial charge is 0.338 e. The summed E-state index contributed by atoms with van der Waals surface area (Å²) >= 11 is 6.73. The van der Waals surface area contributed by atoms with Gasteiger partial charge < -0.3 is 31.3 Å². The molecule has 6 rings (SSSR count). The second-order valence-corrected chi connectivity index (χ2v) is 11.1. The van der Waals surface area contributed by atoms with Crippen LogP contribution in [0.4, 0.5) is 0 Å². The molecule has 0 saturated carbocycles. The molecule has 0 atom stereocenters. The monoisotopic (exact) mass is 692 g/mol. The molecule has 0 unspecified atom stereocenters. The molecular weight excluding hydrogens is 672 g/mol. The van der Waals surface area contributed by atoms with E-state index in [-0.39, 0.29) is 11.5 Å². The number of hydrogen-bond donors (Lipinski definition) is 5. The number of carbonyl (C=O) groups excluding carboxylic acids is 3. The second kappa shape index (κ2) is 11.3. The first-order valence-corrected chi connectivity index (χ1v) is 14.1. The van der Waals surface area contributed by atoms with Gasteiger partial charge in [0.15, 0.2) is 0 Å². The van der Waals surface area contributed by atoms with E-state index in [0.29, 0.717) is 39.8 Å². The summed E-state index contributed by atoms with van der Waals surface area (Å²) in [5.41, 5.74) is 14.9. The number of primary amides is 2. The number of nitrogens with one attached hydrogen (secondary N) is 2. The zero-order valence-electron chi connectivity index (χ0n) is 21.9. The first-order valence-electron chi connectivity index (χ1n) is 12.5. The van der Waals surface area contributed by atoms with E-state index >= 15 is 0 Å². The number of carboxylic acids is 1. The summed E-state index contributed by atoms with van der Waals surface area (Å²) in [6.07, 6.45) is 0. The maximum atomic E-state index is 11.8. The summed E-state index contributed by atoms with van der Waals surface area (Å²) in [6.45, 7) is 2.08. The Labute approximate surface area is 254 Å². The maximum Gasteiger partial charge on any atom is 0.338 e. The molecule has 4 aromatic carbocycles. The van der Waals surface area contributed by atoms with Gasteiger partial charge in [-0.1, -0.05) is 44.0 Å². The zero-order chi connectivity index (χ0) is 30.3. The van der Waals surface area contributed by atoms with Gasteiger partial charge in [0, 0.05) is 41.5 Å². The van der Waals surface area contributed by atoms with E-state index in [1.165, 1.54) is 12.1 Å². The molecular formula is C30H22Br2N4O6. The van der Waals surface area contributed by atoms with Crippen molar-refractivity contribution in [2.24, 2.45) is 11.5 Å². The summed E-state index contributed by atoms with van der Waals surface area (Å²) in [5, 5.41) is 12.4. The molecule has 0 aliphatic rings. The van der Waals surface area contributed by atoms with Crippen molar-refractivity contribution in [2.75, 3.05) is 6.61 Å². The summed E-state index contributed by atoms with van der Waals surface area (Å²) in [5.74, 6) is -2.42. The van der Waals surface area contributed by atoms with E-state index in [9.17, 15) is 19.2 Å². The van der Waals surface area contributed by atoms with Gasteiger partial charge in [0.2, 0.25) is 0 Å². The number of H-pyrrole nitrogens is 2. The van der Waals surface area contributed by atoms with Gasteiger partial charge in [-0.25, -0.2) is 9.59 Å². The summed E-state index contributed by atoms with van der Waals surface area (Å²) in [7, 11) is 0. The lowest BCUT2D eigenvalue weighted by Crippen LogP contribution is -2.11. The van der Waals surface area contributed by atoms with Crippen molar-refractivity contribution < 1.29 is 29.0 Å². The molecule has 10 nitrogen and oxygen atoms in total. The Morgan fingerprint density at radius 2 is 1.17 bits per heavy atom. The van der Waals surface area contributed by atoms with Crippen molar-refractivity contribution in [3.05, 3.63) is 91.9 Å². The number of carboxylic acid groups (broad SMARTS) is 1. The molecule has 12 heteroatoms. The molecule has 0 fully saturated rings. The number of aromatic carboxylic acids is 1. The van der Waals surface area contributed by atoms with Crippen LogP contribution in [0.2, 0.25) is 0 Å². The van der Waals surface area contributed by atoms with Crippen LogP contribution in [0.5, 0.6) is 0 Å². The minimum atomic E-state index is -0.998. The Hall–Kier alpha value is -4.68. The van der Waals surface area contributed by atoms with Crippen molar-refractivity contribution in [1.82, 2.24) is 9.97 Å². The fourth-order valence-electron chi connectivity index (χ4n) is 4.81. The average molecular weight is 694 g/mol. The van der Waals surface area contributed by atoms with Crippen LogP contribution >= 0.6 is 31.9 Å². The van der Waals surface area contributed by atoms with Gasteiger partial charge in [-0.15, -0.1) is 0 Å². The number of esters is 1. The average Bonchev–Trinajstić information content (AvgIpc) is 3.49. The molecule has 2 aromatic heterocycles. The largest absolute Gasteiger partial charge is 0.478 e. The van der Waals surface area contributed by atoms with E-state index in [1.807, 2.05) is 18.2 Å². The highest BCUT2D eigenvalue weighted by atomic mass is 79.9. The van der Waals surface area contributed by atoms with Crippen LogP contribution in [0.25, 0.3) is 43.6 Å². The van der Waals surface area contributed by atoms with Gasteiger partial charge in [0.25, 0.3) is 11.8 Å². The fourth-order valence-corrected chi connectivity index (χ4v) is 5.72. The summed E-state index contributed by atoms with van der Waals surface area (Å²) in [4.78, 5) is 52.2. The zero-order valence-corrected chi connectivity index (χ0v) is 25.1. The number of aromatic amines is 2. The predicted molar refractivity (Wildman–Crippen MR) is 167 cm³/mol. The molecule has 0 aliphatic heterocycles. The molecule has 0 spiro atoms. The quantitative estimate of drug-likeness (QED) is 0.133. The third-order valence-electron chi connectivity index (χ3n) is 6.63. The summed E-state index contributed by atoms with van der Waals surface area (Å²) < 4.78 is 6.50. The number of aromatic nitrogens is 2. The number of amides is 2. The minimum absolute atomic E-state index is 0.184. The maximum absolute atomic E-state index is 11.8. The van der Waals surface area contributed by atoms with Crippen LogP contribution in [-0.2, 0) is 4.74 Å². The number of ether oxygens (including phenoxy) is 1. The van der Waals surface area contributed by atoms with E-state index in [1.54, 1.807) is 37.3 Å². The normalized spacial score (nSPS) is 11.0. The lowest BCUT2D eigenvalue weighted by Gasteiger charge is -2.01. The molecule has 2 amide bonds. The van der Waals surface area contributed by atoms with Crippen molar-refractivity contribution in [3.8, 4) is 0 Å². The summed E-state index contributed by atoms with van der Waals surface area (Å²) in [6, 6.07) is 17.1. The molecule has 2 heterocycles. The van der Waals surface area contributed by atoms with Gasteiger partial charge in [0.05, 0.1) is 39.9 Å². The Kier molecular flexibility index (Phi) is 7.76. The van der Waals surface area contributed by atoms with Crippen molar-refractivity contribution in [1.29, 1.82) is 0 Å². The standard InChI is InChI=1S/C16H13BrN2O3.C14H9BrN2O3/c1-2-22-16(21)8-3-4-10-11-6-9(17)7-12(15(18)20)14(11)19-13(10)5-8;15-7-4-9-8-2-1-6(14(19)20)3-11(8)17-12(9)10(5-7)13(16)18/h3-7,19H,2H2,1H3,(H2,18,20);1-5,17H,(H2,16,18)(H,19,20). The number of carbonyl (C=O) groups is 4. The van der Waals surface area contributed by atoms with E-state index in [0.717, 1.165) is 36.0 Å². The van der Waals surface area contributed by atoms with E-state index in [2.05, 4.69) is 41.8 Å². The van der Waals surface area contributed by atoms with Gasteiger partial charge in [-0.05, 0) is 55.5 Å². The lowest BCUT2D eigenvalue weighted by atomic mass is 10.1. The number of rotatable bonds is 5. The third kappa shape index (κ3) is 5.33. The Morgan fingerprint density at radius 1 is 0.714 bits per heavy atom. The van der Waals surface area contributed by atoms with Crippen LogP contribution in [0.1, 0.15) is 48.4 Å². The Bertz CT molecular complexity index is 2100. The molecule has 0 aliphatic carbocycles. The Morgan fingerprint density at radius 3 is 1.60 bits per heavy atom. The minimum Gasteiger partial charge on any atom is -0.478 e. The number of benzene rings is 4. The van der Waals surface area contributed by atoms with Crippen LogP contribution < -0.4 is 11.5 Å². The topological polar surface area (TPSA) is 181 Å². The first kappa shape index (κ1) is 28.8. The first-order chi connectivity index (χ1) is 20.0. The molecule has 212 valence electrons. The highest BCUT2D eigenvalue weighted by Gasteiger charge is 2.16. The predicted octanol–water partition coefficient (Wildman–Crippen LogP) is 6.24. The van der Waals surface area contributed by atoms with Crippen LogP contribution in [0.15, 0.2) is 69.6 Å². The van der Waals surface area contributed by atoms with Gasteiger partial charge in [0.1, 0.15) is 0 Å².